The zero-order chi connectivity index (χ0) is 11.7. The van der Waals surface area contributed by atoms with E-state index in [1.165, 1.54) is 11.1 Å². The SMILES string of the molecule is Oc1ccc2ccc(-c3ccccc3)cc2c1. The van der Waals surface area contributed by atoms with Gasteiger partial charge in [-0.1, -0.05) is 48.5 Å². The molecule has 0 unspecified atom stereocenters. The summed E-state index contributed by atoms with van der Waals surface area (Å²) in [5, 5.41) is 11.7. The molecule has 1 N–H and O–H groups in total. The van der Waals surface area contributed by atoms with Gasteiger partial charge in [-0.3, -0.25) is 0 Å². The molecule has 0 amide bonds. The van der Waals surface area contributed by atoms with E-state index in [0.29, 0.717) is 5.75 Å². The number of fused-ring (bicyclic) bond motifs is 1. The summed E-state index contributed by atoms with van der Waals surface area (Å²) in [7, 11) is 0. The molecule has 0 saturated carbocycles. The minimum atomic E-state index is 0.308. The van der Waals surface area contributed by atoms with E-state index < -0.39 is 0 Å². The lowest BCUT2D eigenvalue weighted by molar-refractivity contribution is 0.476. The van der Waals surface area contributed by atoms with Crippen molar-refractivity contribution in [2.45, 2.75) is 0 Å². The van der Waals surface area contributed by atoms with Crippen molar-refractivity contribution in [1.29, 1.82) is 0 Å². The molecule has 0 aliphatic carbocycles. The molecule has 0 aliphatic heterocycles. The lowest BCUT2D eigenvalue weighted by Crippen LogP contribution is -1.78. The molecule has 0 radical (unpaired) electrons. The Morgan fingerprint density at radius 2 is 1.35 bits per heavy atom. The Bertz CT molecular complexity index is 657. The van der Waals surface area contributed by atoms with E-state index >= 15 is 0 Å². The Kier molecular flexibility index (Phi) is 2.30. The maximum Gasteiger partial charge on any atom is 0.116 e. The molecular weight excluding hydrogens is 208 g/mol. The van der Waals surface area contributed by atoms with Crippen LogP contribution in [0.15, 0.2) is 66.7 Å². The van der Waals surface area contributed by atoms with E-state index in [9.17, 15) is 5.11 Å². The first-order chi connectivity index (χ1) is 8.33. The van der Waals surface area contributed by atoms with Gasteiger partial charge in [0.1, 0.15) is 5.75 Å². The van der Waals surface area contributed by atoms with Crippen molar-refractivity contribution < 1.29 is 5.11 Å². The van der Waals surface area contributed by atoms with E-state index in [-0.39, 0.29) is 0 Å². The van der Waals surface area contributed by atoms with Crippen molar-refractivity contribution in [2.24, 2.45) is 0 Å². The standard InChI is InChI=1S/C16H12O/c17-16-9-8-13-6-7-14(10-15(13)11-16)12-4-2-1-3-5-12/h1-11,17H. The van der Waals surface area contributed by atoms with Crippen molar-refractivity contribution in [3.8, 4) is 16.9 Å². The molecule has 0 fully saturated rings. The zero-order valence-electron chi connectivity index (χ0n) is 9.30. The Morgan fingerprint density at radius 3 is 2.18 bits per heavy atom. The summed E-state index contributed by atoms with van der Waals surface area (Å²) in [5.41, 5.74) is 2.36. The summed E-state index contributed by atoms with van der Waals surface area (Å²) < 4.78 is 0. The fraction of sp³-hybridized carbons (Fsp3) is 0. The molecule has 3 rings (SSSR count). The van der Waals surface area contributed by atoms with Crippen molar-refractivity contribution in [2.75, 3.05) is 0 Å². The van der Waals surface area contributed by atoms with Crippen LogP contribution in [0.4, 0.5) is 0 Å². The Balaban J connectivity index is 2.19. The monoisotopic (exact) mass is 220 g/mol. The fourth-order valence-electron chi connectivity index (χ4n) is 2.04. The highest BCUT2D eigenvalue weighted by molar-refractivity contribution is 5.88. The van der Waals surface area contributed by atoms with Gasteiger partial charge in [0, 0.05) is 0 Å². The van der Waals surface area contributed by atoms with E-state index in [1.807, 2.05) is 24.3 Å². The van der Waals surface area contributed by atoms with Crippen LogP contribution in [0.2, 0.25) is 0 Å². The molecule has 3 aromatic rings. The molecule has 0 saturated heterocycles. The quantitative estimate of drug-likeness (QED) is 0.651. The summed E-state index contributed by atoms with van der Waals surface area (Å²) in [6, 6.07) is 22.0. The van der Waals surface area contributed by atoms with Gasteiger partial charge in [-0.15, -0.1) is 0 Å². The molecule has 0 bridgehead atoms. The van der Waals surface area contributed by atoms with Crippen molar-refractivity contribution in [3.63, 3.8) is 0 Å². The molecule has 82 valence electrons. The highest BCUT2D eigenvalue weighted by atomic mass is 16.3. The van der Waals surface area contributed by atoms with Crippen LogP contribution in [0.1, 0.15) is 0 Å². The molecule has 0 heterocycles. The Labute approximate surface area is 100.0 Å². The average Bonchev–Trinajstić information content (AvgIpc) is 2.39. The molecule has 1 nitrogen and oxygen atoms in total. The lowest BCUT2D eigenvalue weighted by atomic mass is 10.0. The summed E-state index contributed by atoms with van der Waals surface area (Å²) in [6.07, 6.45) is 0. The summed E-state index contributed by atoms with van der Waals surface area (Å²) >= 11 is 0. The number of aromatic hydroxyl groups is 1. The third kappa shape index (κ3) is 1.87. The highest BCUT2D eigenvalue weighted by Crippen LogP contribution is 2.26. The smallest absolute Gasteiger partial charge is 0.116 e. The highest BCUT2D eigenvalue weighted by Gasteiger charge is 1.99. The maximum atomic E-state index is 9.49. The molecule has 0 spiro atoms. The van der Waals surface area contributed by atoms with Gasteiger partial charge >= 0.3 is 0 Å². The predicted molar refractivity (Wildman–Crippen MR) is 71.0 cm³/mol. The molecular formula is C16H12O. The first kappa shape index (κ1) is 9.91. The largest absolute Gasteiger partial charge is 0.508 e. The van der Waals surface area contributed by atoms with Crippen LogP contribution >= 0.6 is 0 Å². The Hall–Kier alpha value is -2.28. The second kappa shape index (κ2) is 3.95. The number of rotatable bonds is 1. The third-order valence-corrected chi connectivity index (χ3v) is 2.93. The predicted octanol–water partition coefficient (Wildman–Crippen LogP) is 4.21. The Morgan fingerprint density at radius 1 is 0.588 bits per heavy atom. The van der Waals surface area contributed by atoms with Gasteiger partial charge in [-0.05, 0) is 40.1 Å². The van der Waals surface area contributed by atoms with Gasteiger partial charge < -0.3 is 5.11 Å². The lowest BCUT2D eigenvalue weighted by Gasteiger charge is -2.04. The van der Waals surface area contributed by atoms with Gasteiger partial charge in [-0.2, -0.15) is 0 Å². The van der Waals surface area contributed by atoms with Gasteiger partial charge in [0.25, 0.3) is 0 Å². The number of hydrogen-bond acceptors (Lipinski definition) is 1. The summed E-state index contributed by atoms with van der Waals surface area (Å²) in [4.78, 5) is 0. The molecule has 1 heteroatoms. The minimum absolute atomic E-state index is 0.308. The van der Waals surface area contributed by atoms with Gasteiger partial charge in [-0.25, -0.2) is 0 Å². The molecule has 17 heavy (non-hydrogen) atoms. The van der Waals surface area contributed by atoms with E-state index in [1.54, 1.807) is 12.1 Å². The second-order valence-corrected chi connectivity index (χ2v) is 4.11. The van der Waals surface area contributed by atoms with Crippen LogP contribution in [-0.4, -0.2) is 5.11 Å². The van der Waals surface area contributed by atoms with E-state index in [4.69, 9.17) is 0 Å². The normalized spacial score (nSPS) is 10.6. The van der Waals surface area contributed by atoms with Crippen LogP contribution < -0.4 is 0 Å². The second-order valence-electron chi connectivity index (χ2n) is 4.11. The maximum absolute atomic E-state index is 9.49. The van der Waals surface area contributed by atoms with Gasteiger partial charge in [0.2, 0.25) is 0 Å². The fourth-order valence-corrected chi connectivity index (χ4v) is 2.04. The molecule has 0 atom stereocenters. The van der Waals surface area contributed by atoms with Crippen LogP contribution in [0.3, 0.4) is 0 Å². The van der Waals surface area contributed by atoms with Gasteiger partial charge in [0.05, 0.1) is 0 Å². The number of benzene rings is 3. The minimum Gasteiger partial charge on any atom is -0.508 e. The average molecular weight is 220 g/mol. The first-order valence-electron chi connectivity index (χ1n) is 5.61. The number of phenols is 1. The van der Waals surface area contributed by atoms with Crippen LogP contribution in [0.5, 0.6) is 5.75 Å². The number of hydrogen-bond donors (Lipinski definition) is 1. The molecule has 3 aromatic carbocycles. The van der Waals surface area contributed by atoms with Crippen LogP contribution in [-0.2, 0) is 0 Å². The van der Waals surface area contributed by atoms with Crippen molar-refractivity contribution >= 4 is 10.8 Å². The topological polar surface area (TPSA) is 20.2 Å². The van der Waals surface area contributed by atoms with Crippen LogP contribution in [0.25, 0.3) is 21.9 Å². The summed E-state index contributed by atoms with van der Waals surface area (Å²) in [6.45, 7) is 0. The molecule has 0 aliphatic rings. The van der Waals surface area contributed by atoms with Crippen molar-refractivity contribution in [3.05, 3.63) is 66.7 Å². The molecule has 0 aromatic heterocycles. The van der Waals surface area contributed by atoms with Gasteiger partial charge in [0.15, 0.2) is 0 Å². The van der Waals surface area contributed by atoms with E-state index in [2.05, 4.69) is 30.3 Å². The summed E-state index contributed by atoms with van der Waals surface area (Å²) in [5.74, 6) is 0.308. The van der Waals surface area contributed by atoms with Crippen molar-refractivity contribution in [1.82, 2.24) is 0 Å². The van der Waals surface area contributed by atoms with E-state index in [0.717, 1.165) is 10.8 Å². The first-order valence-corrected chi connectivity index (χ1v) is 5.61. The van der Waals surface area contributed by atoms with Crippen LogP contribution in [0, 0.1) is 0 Å². The zero-order valence-corrected chi connectivity index (χ0v) is 9.30. The third-order valence-electron chi connectivity index (χ3n) is 2.93. The number of phenolic OH excluding ortho intramolecular Hbond substituents is 1.